The molecule has 3 heteroatoms. The number of carboxylic acids is 1. The summed E-state index contributed by atoms with van der Waals surface area (Å²) >= 11 is 0. The van der Waals surface area contributed by atoms with Crippen molar-refractivity contribution in [2.24, 2.45) is 11.8 Å². The second kappa shape index (κ2) is 4.52. The van der Waals surface area contributed by atoms with Gasteiger partial charge < -0.3 is 10.0 Å². The van der Waals surface area contributed by atoms with Crippen LogP contribution in [0, 0.1) is 11.8 Å². The van der Waals surface area contributed by atoms with Crippen LogP contribution in [0.1, 0.15) is 38.5 Å². The number of aliphatic carboxylic acids is 1. The number of carboxylic acid groups (broad SMARTS) is 1. The van der Waals surface area contributed by atoms with Crippen molar-refractivity contribution in [2.75, 3.05) is 13.6 Å². The van der Waals surface area contributed by atoms with E-state index in [4.69, 9.17) is 5.11 Å². The van der Waals surface area contributed by atoms with Crippen LogP contribution in [0.4, 0.5) is 0 Å². The van der Waals surface area contributed by atoms with Crippen LogP contribution in [0.25, 0.3) is 0 Å². The van der Waals surface area contributed by atoms with Crippen molar-refractivity contribution in [1.82, 2.24) is 4.90 Å². The Balaban J connectivity index is 1.98. The molecule has 15 heavy (non-hydrogen) atoms. The monoisotopic (exact) mass is 211 g/mol. The minimum absolute atomic E-state index is 0.0909. The third kappa shape index (κ3) is 2.33. The SMILES string of the molecule is CN1CCC(C(=O)O)CC1C1CCCC1. The number of nitrogens with zero attached hydrogens (tertiary/aromatic N) is 1. The van der Waals surface area contributed by atoms with E-state index >= 15 is 0 Å². The average Bonchev–Trinajstić information content (AvgIpc) is 2.71. The predicted octanol–water partition coefficient (Wildman–Crippen LogP) is 1.97. The van der Waals surface area contributed by atoms with Gasteiger partial charge in [0.2, 0.25) is 0 Å². The number of rotatable bonds is 2. The molecule has 2 aliphatic rings. The Bertz CT molecular complexity index is 236. The van der Waals surface area contributed by atoms with Crippen LogP contribution in [0.3, 0.4) is 0 Å². The lowest BCUT2D eigenvalue weighted by Gasteiger charge is -2.39. The summed E-state index contributed by atoms with van der Waals surface area (Å²) in [6.45, 7) is 0.956. The van der Waals surface area contributed by atoms with E-state index in [2.05, 4.69) is 11.9 Å². The van der Waals surface area contributed by atoms with E-state index in [0.717, 1.165) is 25.3 Å². The van der Waals surface area contributed by atoms with Gasteiger partial charge in [0.1, 0.15) is 0 Å². The van der Waals surface area contributed by atoms with Crippen LogP contribution in [-0.2, 0) is 4.79 Å². The van der Waals surface area contributed by atoms with Crippen molar-refractivity contribution < 1.29 is 9.90 Å². The van der Waals surface area contributed by atoms with E-state index in [1.165, 1.54) is 25.7 Å². The molecule has 2 unspecified atom stereocenters. The molecule has 0 radical (unpaired) electrons. The average molecular weight is 211 g/mol. The zero-order valence-corrected chi connectivity index (χ0v) is 9.48. The summed E-state index contributed by atoms with van der Waals surface area (Å²) in [5.74, 6) is 0.0787. The topological polar surface area (TPSA) is 40.5 Å². The van der Waals surface area contributed by atoms with Crippen molar-refractivity contribution in [3.8, 4) is 0 Å². The second-order valence-electron chi connectivity index (χ2n) is 5.15. The Morgan fingerprint density at radius 2 is 1.93 bits per heavy atom. The van der Waals surface area contributed by atoms with E-state index in [1.807, 2.05) is 0 Å². The zero-order chi connectivity index (χ0) is 10.8. The Kier molecular flexibility index (Phi) is 3.29. The molecule has 86 valence electrons. The number of hydrogen-bond donors (Lipinski definition) is 1. The molecule has 0 aromatic rings. The van der Waals surface area contributed by atoms with E-state index in [0.29, 0.717) is 6.04 Å². The van der Waals surface area contributed by atoms with Crippen molar-refractivity contribution in [2.45, 2.75) is 44.6 Å². The van der Waals surface area contributed by atoms with Gasteiger partial charge >= 0.3 is 5.97 Å². The van der Waals surface area contributed by atoms with Gasteiger partial charge in [-0.05, 0) is 45.2 Å². The summed E-state index contributed by atoms with van der Waals surface area (Å²) in [5.41, 5.74) is 0. The lowest BCUT2D eigenvalue weighted by molar-refractivity contribution is -0.144. The van der Waals surface area contributed by atoms with Gasteiger partial charge in [-0.1, -0.05) is 12.8 Å². The Labute approximate surface area is 91.5 Å². The molecular formula is C12H21NO2. The van der Waals surface area contributed by atoms with E-state index in [9.17, 15) is 4.79 Å². The van der Waals surface area contributed by atoms with Crippen molar-refractivity contribution in [1.29, 1.82) is 0 Å². The minimum Gasteiger partial charge on any atom is -0.481 e. The van der Waals surface area contributed by atoms with Crippen molar-refractivity contribution >= 4 is 5.97 Å². The molecule has 2 fully saturated rings. The fourth-order valence-electron chi connectivity index (χ4n) is 3.23. The molecule has 0 aromatic heterocycles. The normalized spacial score (nSPS) is 34.5. The van der Waals surface area contributed by atoms with Gasteiger partial charge in [0, 0.05) is 6.04 Å². The Morgan fingerprint density at radius 3 is 2.53 bits per heavy atom. The van der Waals surface area contributed by atoms with Crippen LogP contribution in [0.5, 0.6) is 0 Å². The first kappa shape index (κ1) is 10.9. The highest BCUT2D eigenvalue weighted by atomic mass is 16.4. The molecule has 1 aliphatic heterocycles. The summed E-state index contributed by atoms with van der Waals surface area (Å²) in [5, 5.41) is 9.07. The molecule has 0 amide bonds. The zero-order valence-electron chi connectivity index (χ0n) is 9.48. The van der Waals surface area contributed by atoms with E-state index in [1.54, 1.807) is 0 Å². The van der Waals surface area contributed by atoms with Gasteiger partial charge in [0.25, 0.3) is 0 Å². The maximum atomic E-state index is 11.0. The molecule has 1 saturated heterocycles. The summed E-state index contributed by atoms with van der Waals surface area (Å²) < 4.78 is 0. The molecule has 2 atom stereocenters. The number of piperidine rings is 1. The van der Waals surface area contributed by atoms with Gasteiger partial charge in [0.05, 0.1) is 5.92 Å². The summed E-state index contributed by atoms with van der Waals surface area (Å²) in [6, 6.07) is 0.530. The molecule has 2 rings (SSSR count). The van der Waals surface area contributed by atoms with E-state index < -0.39 is 5.97 Å². The third-order valence-electron chi connectivity index (χ3n) is 4.22. The van der Waals surface area contributed by atoms with Gasteiger partial charge in [-0.25, -0.2) is 0 Å². The van der Waals surface area contributed by atoms with Crippen LogP contribution >= 0.6 is 0 Å². The van der Waals surface area contributed by atoms with Gasteiger partial charge in [-0.15, -0.1) is 0 Å². The van der Waals surface area contributed by atoms with Gasteiger partial charge in [-0.2, -0.15) is 0 Å². The second-order valence-corrected chi connectivity index (χ2v) is 5.15. The first-order valence-corrected chi connectivity index (χ1v) is 6.11. The van der Waals surface area contributed by atoms with Crippen molar-refractivity contribution in [3.05, 3.63) is 0 Å². The molecular weight excluding hydrogens is 190 g/mol. The van der Waals surface area contributed by atoms with Gasteiger partial charge in [0.15, 0.2) is 0 Å². The number of likely N-dealkylation sites (tertiary alicyclic amines) is 1. The van der Waals surface area contributed by atoms with Crippen LogP contribution in [0.2, 0.25) is 0 Å². The Morgan fingerprint density at radius 1 is 1.27 bits per heavy atom. The molecule has 1 saturated carbocycles. The standard InChI is InChI=1S/C12H21NO2/c1-13-7-6-10(12(14)15)8-11(13)9-4-2-3-5-9/h9-11H,2-8H2,1H3,(H,14,15). The maximum absolute atomic E-state index is 11.0. The van der Waals surface area contributed by atoms with Crippen LogP contribution in [-0.4, -0.2) is 35.6 Å². The molecule has 0 aromatic carbocycles. The smallest absolute Gasteiger partial charge is 0.306 e. The van der Waals surface area contributed by atoms with Crippen LogP contribution in [0.15, 0.2) is 0 Å². The molecule has 1 N–H and O–H groups in total. The summed E-state index contributed by atoms with van der Waals surface area (Å²) in [6.07, 6.45) is 6.99. The highest BCUT2D eigenvalue weighted by molar-refractivity contribution is 5.70. The third-order valence-corrected chi connectivity index (χ3v) is 4.22. The minimum atomic E-state index is -0.592. The first-order valence-electron chi connectivity index (χ1n) is 6.11. The quantitative estimate of drug-likeness (QED) is 0.759. The molecule has 0 spiro atoms. The van der Waals surface area contributed by atoms with Crippen molar-refractivity contribution in [3.63, 3.8) is 0 Å². The molecule has 0 bridgehead atoms. The predicted molar refractivity (Wildman–Crippen MR) is 58.7 cm³/mol. The molecule has 1 heterocycles. The maximum Gasteiger partial charge on any atom is 0.306 e. The van der Waals surface area contributed by atoms with E-state index in [-0.39, 0.29) is 5.92 Å². The van der Waals surface area contributed by atoms with Crippen LogP contribution < -0.4 is 0 Å². The first-order chi connectivity index (χ1) is 7.18. The number of carbonyl (C=O) groups is 1. The molecule has 3 nitrogen and oxygen atoms in total. The Hall–Kier alpha value is -0.570. The lowest BCUT2D eigenvalue weighted by Crippen LogP contribution is -2.45. The molecule has 1 aliphatic carbocycles. The lowest BCUT2D eigenvalue weighted by atomic mass is 9.83. The largest absolute Gasteiger partial charge is 0.481 e. The fraction of sp³-hybridized carbons (Fsp3) is 0.917. The summed E-state index contributed by atoms with van der Waals surface area (Å²) in [7, 11) is 2.15. The van der Waals surface area contributed by atoms with Gasteiger partial charge in [-0.3, -0.25) is 4.79 Å². The highest BCUT2D eigenvalue weighted by Gasteiger charge is 2.35. The fourth-order valence-corrected chi connectivity index (χ4v) is 3.23. The highest BCUT2D eigenvalue weighted by Crippen LogP contribution is 2.35. The summed E-state index contributed by atoms with van der Waals surface area (Å²) in [4.78, 5) is 13.4. The number of hydrogen-bond acceptors (Lipinski definition) is 2.